The Labute approximate surface area is 185 Å². The van der Waals surface area contributed by atoms with Crippen LogP contribution in [0.25, 0.3) is 10.8 Å². The Bertz CT molecular complexity index is 1500. The molecule has 0 aliphatic carbocycles. The lowest BCUT2D eigenvalue weighted by Gasteiger charge is -2.11. The van der Waals surface area contributed by atoms with Crippen molar-refractivity contribution in [2.45, 2.75) is 9.79 Å². The topological polar surface area (TPSA) is 220 Å². The highest BCUT2D eigenvalue weighted by Crippen LogP contribution is 2.45. The highest BCUT2D eigenvalue weighted by atomic mass is 32.2. The molecule has 33 heavy (non-hydrogen) atoms. The fourth-order valence-corrected chi connectivity index (χ4v) is 3.94. The maximum atomic E-state index is 11.8. The number of aliphatic carboxylic acids is 1. The fraction of sp³-hybridized carbons (Fsp3) is 0.0556. The number of carboxylic acid groups (broad SMARTS) is 1. The monoisotopic (exact) mass is 498 g/mol. The van der Waals surface area contributed by atoms with Crippen molar-refractivity contribution >= 4 is 48.4 Å². The van der Waals surface area contributed by atoms with Gasteiger partial charge in [-0.15, -0.1) is 5.11 Å². The van der Waals surface area contributed by atoms with Gasteiger partial charge < -0.3 is 20.1 Å². The first kappa shape index (κ1) is 23.9. The third kappa shape index (κ3) is 5.35. The van der Waals surface area contributed by atoms with E-state index in [1.165, 1.54) is 24.3 Å². The van der Waals surface area contributed by atoms with Gasteiger partial charge in [-0.05, 0) is 41.8 Å². The third-order valence-electron chi connectivity index (χ3n) is 4.14. The Morgan fingerprint density at radius 2 is 1.55 bits per heavy atom. The van der Waals surface area contributed by atoms with Crippen LogP contribution >= 0.6 is 0 Å². The van der Waals surface area contributed by atoms with Gasteiger partial charge in [-0.2, -0.15) is 21.9 Å². The summed E-state index contributed by atoms with van der Waals surface area (Å²) in [4.78, 5) is 8.78. The fourth-order valence-electron chi connectivity index (χ4n) is 2.74. The molecule has 5 N–H and O–H groups in total. The van der Waals surface area contributed by atoms with Gasteiger partial charge in [0.2, 0.25) is 0 Å². The summed E-state index contributed by atoms with van der Waals surface area (Å²) in [6.45, 7) is -0.577. The molecule has 15 heteroatoms. The van der Waals surface area contributed by atoms with E-state index in [9.17, 15) is 40.9 Å². The van der Waals surface area contributed by atoms with E-state index in [1.54, 1.807) is 0 Å². The van der Waals surface area contributed by atoms with Crippen LogP contribution in [0.3, 0.4) is 0 Å². The molecule has 0 heterocycles. The Kier molecular flexibility index (Phi) is 6.24. The van der Waals surface area contributed by atoms with Crippen molar-refractivity contribution in [1.82, 2.24) is 0 Å². The predicted molar refractivity (Wildman–Crippen MR) is 111 cm³/mol. The van der Waals surface area contributed by atoms with Crippen LogP contribution < -0.4 is 4.74 Å². The number of nitrogens with zero attached hydrogens (tertiary/aromatic N) is 2. The maximum absolute atomic E-state index is 11.8. The summed E-state index contributed by atoms with van der Waals surface area (Å²) in [7, 11) is -9.80. The first-order valence-corrected chi connectivity index (χ1v) is 11.5. The molecule has 0 atom stereocenters. The van der Waals surface area contributed by atoms with Gasteiger partial charge >= 0.3 is 5.97 Å². The molecule has 3 rings (SSSR count). The van der Waals surface area contributed by atoms with Crippen molar-refractivity contribution in [2.24, 2.45) is 10.2 Å². The quantitative estimate of drug-likeness (QED) is 0.235. The Hall–Kier alpha value is -3.79. The van der Waals surface area contributed by atoms with Crippen LogP contribution in [0.5, 0.6) is 17.2 Å². The summed E-state index contributed by atoms with van der Waals surface area (Å²) in [5, 5.41) is 35.9. The Morgan fingerprint density at radius 1 is 0.909 bits per heavy atom. The van der Waals surface area contributed by atoms with E-state index in [0.29, 0.717) is 6.07 Å². The summed E-state index contributed by atoms with van der Waals surface area (Å²) in [5.74, 6) is -2.75. The summed E-state index contributed by atoms with van der Waals surface area (Å²) in [6.07, 6.45) is 0. The van der Waals surface area contributed by atoms with Crippen molar-refractivity contribution < 1.29 is 50.8 Å². The lowest BCUT2D eigenvalue weighted by molar-refractivity contribution is -0.139. The van der Waals surface area contributed by atoms with E-state index in [2.05, 4.69) is 10.2 Å². The van der Waals surface area contributed by atoms with Gasteiger partial charge in [0.1, 0.15) is 22.1 Å². The molecule has 0 radical (unpaired) electrons. The number of fused-ring (bicyclic) bond motifs is 1. The van der Waals surface area contributed by atoms with E-state index in [0.717, 1.165) is 12.1 Å². The molecular weight excluding hydrogens is 484 g/mol. The normalized spacial score (nSPS) is 12.3. The number of benzene rings is 3. The van der Waals surface area contributed by atoms with Gasteiger partial charge in [0.15, 0.2) is 12.4 Å². The first-order chi connectivity index (χ1) is 15.3. The lowest BCUT2D eigenvalue weighted by Crippen LogP contribution is -2.09. The van der Waals surface area contributed by atoms with Crippen LogP contribution in [0, 0.1) is 0 Å². The van der Waals surface area contributed by atoms with Crippen LogP contribution in [0.2, 0.25) is 0 Å². The van der Waals surface area contributed by atoms with E-state index >= 15 is 0 Å². The summed E-state index contributed by atoms with van der Waals surface area (Å²) >= 11 is 0. The maximum Gasteiger partial charge on any atom is 0.341 e. The second-order valence-electron chi connectivity index (χ2n) is 6.44. The molecule has 0 saturated carbocycles. The SMILES string of the molecule is O=C(O)COc1ccc(N=Nc2c(S(=O)(=O)O)cc3cc(S(=O)(=O)O)cc(O)c3c2O)cc1. The number of rotatable bonds is 7. The molecule has 3 aromatic carbocycles. The highest BCUT2D eigenvalue weighted by Gasteiger charge is 2.25. The van der Waals surface area contributed by atoms with Crippen LogP contribution in [-0.2, 0) is 25.0 Å². The molecule has 0 saturated heterocycles. The van der Waals surface area contributed by atoms with Crippen LogP contribution in [-0.4, -0.2) is 53.8 Å². The molecule has 0 fully saturated rings. The number of azo groups is 1. The first-order valence-electron chi connectivity index (χ1n) is 8.61. The minimum Gasteiger partial charge on any atom is -0.507 e. The standard InChI is InChI=1S/C18H14N2O11S2/c21-13-7-12(32(25,26)27)5-9-6-14(33(28,29)30)17(18(24)16(9)13)20-19-10-1-3-11(4-2-10)31-8-15(22)23/h1-7,21,24H,8H2,(H,22,23)(H,25,26,27)(H,28,29,30). The van der Waals surface area contributed by atoms with Crippen molar-refractivity contribution in [2.75, 3.05) is 6.61 Å². The van der Waals surface area contributed by atoms with Crippen molar-refractivity contribution in [3.05, 3.63) is 42.5 Å². The van der Waals surface area contributed by atoms with E-state index in [1.807, 2.05) is 0 Å². The number of carbonyl (C=O) groups is 1. The molecule has 13 nitrogen and oxygen atoms in total. The molecule has 0 amide bonds. The number of phenols is 2. The number of aromatic hydroxyl groups is 2. The van der Waals surface area contributed by atoms with Crippen LogP contribution in [0.1, 0.15) is 0 Å². The molecule has 0 spiro atoms. The number of hydrogen-bond donors (Lipinski definition) is 5. The second kappa shape index (κ2) is 8.62. The molecule has 0 aliphatic rings. The van der Waals surface area contributed by atoms with Gasteiger partial charge in [-0.3, -0.25) is 9.11 Å². The minimum absolute atomic E-state index is 0.115. The zero-order chi connectivity index (χ0) is 24.6. The third-order valence-corrected chi connectivity index (χ3v) is 5.84. The molecule has 0 unspecified atom stereocenters. The van der Waals surface area contributed by atoms with Gasteiger partial charge in [0.05, 0.1) is 16.0 Å². The van der Waals surface area contributed by atoms with Gasteiger partial charge in [0, 0.05) is 6.07 Å². The number of hydrogen-bond acceptors (Lipinski definition) is 10. The average Bonchev–Trinajstić information content (AvgIpc) is 2.70. The van der Waals surface area contributed by atoms with Crippen LogP contribution in [0.4, 0.5) is 11.4 Å². The second-order valence-corrected chi connectivity index (χ2v) is 9.25. The zero-order valence-electron chi connectivity index (χ0n) is 16.1. The molecule has 0 bridgehead atoms. The number of carboxylic acids is 1. The Balaban J connectivity index is 2.13. The summed E-state index contributed by atoms with van der Waals surface area (Å²) in [5.41, 5.74) is -0.643. The highest BCUT2D eigenvalue weighted by molar-refractivity contribution is 7.86. The predicted octanol–water partition coefficient (Wildman–Crippen LogP) is 2.62. The van der Waals surface area contributed by atoms with Gasteiger partial charge in [-0.25, -0.2) is 4.79 Å². The number of ether oxygens (including phenoxy) is 1. The minimum atomic E-state index is -5.02. The lowest BCUT2D eigenvalue weighted by atomic mass is 10.1. The largest absolute Gasteiger partial charge is 0.507 e. The molecule has 0 aliphatic heterocycles. The van der Waals surface area contributed by atoms with Crippen LogP contribution in [0.15, 0.2) is 62.5 Å². The van der Waals surface area contributed by atoms with Gasteiger partial charge in [0.25, 0.3) is 20.2 Å². The van der Waals surface area contributed by atoms with E-state index < -0.39 is 65.2 Å². The molecule has 174 valence electrons. The average molecular weight is 498 g/mol. The number of phenolic OH excluding ortho intramolecular Hbond substituents is 2. The van der Waals surface area contributed by atoms with E-state index in [-0.39, 0.29) is 16.8 Å². The molecule has 3 aromatic rings. The van der Waals surface area contributed by atoms with Crippen molar-refractivity contribution in [3.8, 4) is 17.2 Å². The van der Waals surface area contributed by atoms with E-state index in [4.69, 9.17) is 9.84 Å². The summed E-state index contributed by atoms with van der Waals surface area (Å²) < 4.78 is 70.1. The van der Waals surface area contributed by atoms with Crippen molar-refractivity contribution in [1.29, 1.82) is 0 Å². The molecular formula is C18H14N2O11S2. The van der Waals surface area contributed by atoms with Crippen molar-refractivity contribution in [3.63, 3.8) is 0 Å². The smallest absolute Gasteiger partial charge is 0.341 e. The van der Waals surface area contributed by atoms with Gasteiger partial charge in [-0.1, -0.05) is 0 Å². The summed E-state index contributed by atoms with van der Waals surface area (Å²) in [6, 6.07) is 7.50. The Morgan fingerprint density at radius 3 is 2.09 bits per heavy atom. The molecule has 0 aromatic heterocycles. The zero-order valence-corrected chi connectivity index (χ0v) is 17.8.